The maximum atomic E-state index is 12.1. The highest BCUT2D eigenvalue weighted by molar-refractivity contribution is 6.35. The van der Waals surface area contributed by atoms with Gasteiger partial charge in [-0.1, -0.05) is 23.2 Å². The third-order valence-electron chi connectivity index (χ3n) is 2.74. The molecule has 7 heteroatoms. The van der Waals surface area contributed by atoms with E-state index in [1.54, 1.807) is 18.2 Å². The number of rotatable bonds is 4. The zero-order valence-corrected chi connectivity index (χ0v) is 12.6. The lowest BCUT2D eigenvalue weighted by atomic mass is 10.2. The first-order valence-corrected chi connectivity index (χ1v) is 6.72. The van der Waals surface area contributed by atoms with E-state index in [0.29, 0.717) is 17.0 Å². The normalized spacial score (nSPS) is 10.3. The summed E-state index contributed by atoms with van der Waals surface area (Å²) in [7, 11) is 1.50. The van der Waals surface area contributed by atoms with Gasteiger partial charge in [0.1, 0.15) is 16.6 Å². The summed E-state index contributed by atoms with van der Waals surface area (Å²) in [5.74, 6) is 0.0472. The van der Waals surface area contributed by atoms with Gasteiger partial charge in [0.05, 0.1) is 18.7 Å². The van der Waals surface area contributed by atoms with Crippen LogP contribution in [0.1, 0.15) is 16.1 Å². The largest absolute Gasteiger partial charge is 0.496 e. The van der Waals surface area contributed by atoms with Crippen LogP contribution in [0.3, 0.4) is 0 Å². The lowest BCUT2D eigenvalue weighted by Crippen LogP contribution is -2.14. The first kappa shape index (κ1) is 15.6. The van der Waals surface area contributed by atoms with Gasteiger partial charge in [-0.2, -0.15) is 0 Å². The molecule has 1 heterocycles. The third kappa shape index (κ3) is 3.64. The average molecular weight is 327 g/mol. The quantitative estimate of drug-likeness (QED) is 0.847. The number of hydrogen-bond donors (Lipinski definition) is 2. The highest BCUT2D eigenvalue weighted by atomic mass is 35.5. The topological polar surface area (TPSA) is 71.5 Å². The van der Waals surface area contributed by atoms with Crippen molar-refractivity contribution in [2.24, 2.45) is 0 Å². The van der Waals surface area contributed by atoms with Crippen molar-refractivity contribution in [3.05, 3.63) is 51.8 Å². The minimum Gasteiger partial charge on any atom is -0.496 e. The van der Waals surface area contributed by atoms with Crippen LogP contribution in [0.4, 0.5) is 5.69 Å². The number of pyridine rings is 1. The van der Waals surface area contributed by atoms with Gasteiger partial charge in [0.2, 0.25) is 0 Å². The first-order valence-electron chi connectivity index (χ1n) is 5.96. The van der Waals surface area contributed by atoms with E-state index in [-0.39, 0.29) is 22.5 Å². The van der Waals surface area contributed by atoms with Gasteiger partial charge >= 0.3 is 0 Å². The van der Waals surface area contributed by atoms with E-state index in [9.17, 15) is 9.90 Å². The van der Waals surface area contributed by atoms with Gasteiger partial charge in [-0.05, 0) is 30.3 Å². The fourth-order valence-corrected chi connectivity index (χ4v) is 2.09. The van der Waals surface area contributed by atoms with Crippen molar-refractivity contribution in [2.45, 2.75) is 6.61 Å². The highest BCUT2D eigenvalue weighted by Crippen LogP contribution is 2.24. The Hall–Kier alpha value is -1.82. The number of carbonyl (C=O) groups excluding carboxylic acids is 1. The molecule has 0 atom stereocenters. The molecule has 2 aromatic rings. The molecule has 5 nitrogen and oxygen atoms in total. The number of amides is 1. The van der Waals surface area contributed by atoms with Gasteiger partial charge in [-0.15, -0.1) is 0 Å². The predicted octanol–water partition coefficient (Wildman–Crippen LogP) is 3.14. The van der Waals surface area contributed by atoms with Gasteiger partial charge in [0.15, 0.2) is 0 Å². The van der Waals surface area contributed by atoms with E-state index in [1.807, 2.05) is 0 Å². The van der Waals surface area contributed by atoms with E-state index in [4.69, 9.17) is 27.9 Å². The number of halogens is 2. The molecule has 0 saturated heterocycles. The molecule has 1 aromatic carbocycles. The van der Waals surface area contributed by atoms with Crippen LogP contribution in [-0.4, -0.2) is 23.1 Å². The van der Waals surface area contributed by atoms with Crippen LogP contribution in [0.5, 0.6) is 5.75 Å². The van der Waals surface area contributed by atoms with E-state index < -0.39 is 5.91 Å². The van der Waals surface area contributed by atoms with Crippen LogP contribution in [0.2, 0.25) is 10.2 Å². The Morgan fingerprint density at radius 2 is 2.10 bits per heavy atom. The number of carbonyl (C=O) groups is 1. The summed E-state index contributed by atoms with van der Waals surface area (Å²) in [5, 5.41) is 12.3. The van der Waals surface area contributed by atoms with Crippen LogP contribution in [0.25, 0.3) is 0 Å². The summed E-state index contributed by atoms with van der Waals surface area (Å²) in [5.41, 5.74) is 1.08. The predicted molar refractivity (Wildman–Crippen MR) is 81.1 cm³/mol. The maximum absolute atomic E-state index is 12.1. The number of ether oxygens (including phenoxy) is 1. The molecule has 110 valence electrons. The maximum Gasteiger partial charge on any atom is 0.275 e. The van der Waals surface area contributed by atoms with E-state index >= 15 is 0 Å². The van der Waals surface area contributed by atoms with Crippen molar-refractivity contribution in [2.75, 3.05) is 12.4 Å². The summed E-state index contributed by atoms with van der Waals surface area (Å²) < 4.78 is 5.09. The van der Waals surface area contributed by atoms with Gasteiger partial charge in [-0.3, -0.25) is 4.79 Å². The molecule has 0 unspecified atom stereocenters. The number of benzene rings is 1. The Bertz CT molecular complexity index is 677. The van der Waals surface area contributed by atoms with Crippen LogP contribution < -0.4 is 10.1 Å². The van der Waals surface area contributed by atoms with Crippen molar-refractivity contribution >= 4 is 34.8 Å². The van der Waals surface area contributed by atoms with Crippen LogP contribution in [0.15, 0.2) is 30.3 Å². The van der Waals surface area contributed by atoms with Crippen molar-refractivity contribution in [3.63, 3.8) is 0 Å². The van der Waals surface area contributed by atoms with Crippen LogP contribution in [0, 0.1) is 0 Å². The first-order chi connectivity index (χ1) is 10.0. The van der Waals surface area contributed by atoms with Crippen LogP contribution in [-0.2, 0) is 6.61 Å². The van der Waals surface area contributed by atoms with Crippen molar-refractivity contribution in [3.8, 4) is 5.75 Å². The fraction of sp³-hybridized carbons (Fsp3) is 0.143. The minimum atomic E-state index is -0.489. The Morgan fingerprint density at radius 1 is 1.33 bits per heavy atom. The third-order valence-corrected chi connectivity index (χ3v) is 3.25. The second-order valence-corrected chi connectivity index (χ2v) is 4.90. The van der Waals surface area contributed by atoms with Crippen LogP contribution >= 0.6 is 23.2 Å². The number of aromatic nitrogens is 1. The molecule has 2 N–H and O–H groups in total. The number of anilines is 1. The molecular weight excluding hydrogens is 315 g/mol. The number of nitrogens with one attached hydrogen (secondary N) is 1. The zero-order chi connectivity index (χ0) is 15.4. The minimum absolute atomic E-state index is 0.0329. The van der Waals surface area contributed by atoms with Gasteiger partial charge in [0, 0.05) is 11.3 Å². The smallest absolute Gasteiger partial charge is 0.275 e. The van der Waals surface area contributed by atoms with Gasteiger partial charge < -0.3 is 15.2 Å². The van der Waals surface area contributed by atoms with Crippen molar-refractivity contribution in [1.82, 2.24) is 4.98 Å². The van der Waals surface area contributed by atoms with Crippen molar-refractivity contribution in [1.29, 1.82) is 0 Å². The molecule has 0 bridgehead atoms. The standard InChI is InChI=1S/C14H12Cl2N2O3/c1-21-11-4-2-9(6-8(11)7-19)17-14(20)13-10(15)3-5-12(16)18-13/h2-6,19H,7H2,1H3,(H,17,20). The van der Waals surface area contributed by atoms with Crippen molar-refractivity contribution < 1.29 is 14.6 Å². The Balaban J connectivity index is 2.25. The molecule has 0 fully saturated rings. The summed E-state index contributed by atoms with van der Waals surface area (Å²) in [6, 6.07) is 7.90. The molecule has 0 aliphatic heterocycles. The molecule has 21 heavy (non-hydrogen) atoms. The molecule has 0 saturated carbocycles. The zero-order valence-electron chi connectivity index (χ0n) is 11.1. The highest BCUT2D eigenvalue weighted by Gasteiger charge is 2.14. The van der Waals surface area contributed by atoms with E-state index in [1.165, 1.54) is 19.2 Å². The second-order valence-electron chi connectivity index (χ2n) is 4.10. The molecule has 1 amide bonds. The molecule has 0 aliphatic rings. The van der Waals surface area contributed by atoms with Gasteiger partial charge in [0.25, 0.3) is 5.91 Å². The molecule has 0 spiro atoms. The number of aliphatic hydroxyl groups is 1. The number of methoxy groups -OCH3 is 1. The Morgan fingerprint density at radius 3 is 2.76 bits per heavy atom. The second kappa shape index (κ2) is 6.76. The lowest BCUT2D eigenvalue weighted by molar-refractivity contribution is 0.102. The summed E-state index contributed by atoms with van der Waals surface area (Å²) in [6.07, 6.45) is 0. The van der Waals surface area contributed by atoms with E-state index in [0.717, 1.165) is 0 Å². The van der Waals surface area contributed by atoms with Gasteiger partial charge in [-0.25, -0.2) is 4.98 Å². The number of nitrogens with zero attached hydrogens (tertiary/aromatic N) is 1. The summed E-state index contributed by atoms with van der Waals surface area (Å²) in [6.45, 7) is -0.205. The molecule has 2 rings (SSSR count). The SMILES string of the molecule is COc1ccc(NC(=O)c2nc(Cl)ccc2Cl)cc1CO. The number of hydrogen-bond acceptors (Lipinski definition) is 4. The monoisotopic (exact) mass is 326 g/mol. The molecular formula is C14H12Cl2N2O3. The summed E-state index contributed by atoms with van der Waals surface area (Å²) >= 11 is 11.7. The Kier molecular flexibility index (Phi) is 5.01. The average Bonchev–Trinajstić information content (AvgIpc) is 2.49. The Labute approximate surface area is 131 Å². The fourth-order valence-electron chi connectivity index (χ4n) is 1.75. The lowest BCUT2D eigenvalue weighted by Gasteiger charge is -2.10. The van der Waals surface area contributed by atoms with E-state index in [2.05, 4.69) is 10.3 Å². The number of aliphatic hydroxyl groups excluding tert-OH is 1. The summed E-state index contributed by atoms with van der Waals surface area (Å²) in [4.78, 5) is 16.0. The molecule has 1 aromatic heterocycles. The molecule has 0 aliphatic carbocycles. The molecule has 0 radical (unpaired) electrons.